The lowest BCUT2D eigenvalue weighted by Crippen LogP contribution is -2.07. The van der Waals surface area contributed by atoms with Gasteiger partial charge in [0.2, 0.25) is 0 Å². The summed E-state index contributed by atoms with van der Waals surface area (Å²) < 4.78 is 54.0. The van der Waals surface area contributed by atoms with E-state index in [1.54, 1.807) is 23.9 Å². The molecule has 0 saturated carbocycles. The highest BCUT2D eigenvalue weighted by atomic mass is 35.5. The van der Waals surface area contributed by atoms with Gasteiger partial charge in [-0.15, -0.1) is 0 Å². The minimum absolute atomic E-state index is 0.209. The zero-order valence-corrected chi connectivity index (χ0v) is 17.9. The summed E-state index contributed by atoms with van der Waals surface area (Å²) >= 11 is 5.89. The van der Waals surface area contributed by atoms with Gasteiger partial charge in [-0.2, -0.15) is 18.3 Å². The molecule has 2 aromatic carbocycles. The van der Waals surface area contributed by atoms with Crippen LogP contribution >= 0.6 is 11.6 Å². The van der Waals surface area contributed by atoms with Crippen molar-refractivity contribution in [2.75, 3.05) is 5.32 Å². The third-order valence-electron chi connectivity index (χ3n) is 5.00. The van der Waals surface area contributed by atoms with Crippen molar-refractivity contribution in [3.63, 3.8) is 0 Å². The summed E-state index contributed by atoms with van der Waals surface area (Å²) in [6.07, 6.45) is -3.92. The number of benzene rings is 2. The number of aromatic nitrogens is 4. The number of alkyl halides is 3. The minimum Gasteiger partial charge on any atom is -0.365 e. The molecule has 4 aromatic rings. The first-order valence-corrected chi connectivity index (χ1v) is 10.1. The summed E-state index contributed by atoms with van der Waals surface area (Å²) in [6.45, 7) is 2.31. The summed E-state index contributed by atoms with van der Waals surface area (Å²) in [5, 5.41) is 8.01. The molecule has 2 heterocycles. The van der Waals surface area contributed by atoms with Crippen LogP contribution in [0, 0.1) is 5.82 Å². The van der Waals surface area contributed by atoms with Crippen LogP contribution in [0.3, 0.4) is 0 Å². The number of fused-ring (bicyclic) bond motifs is 1. The van der Waals surface area contributed by atoms with Crippen LogP contribution in [-0.2, 0) is 26.2 Å². The number of nitrogens with one attached hydrogen (secondary N) is 1. The lowest BCUT2D eigenvalue weighted by Gasteiger charge is -2.12. The number of rotatable bonds is 5. The van der Waals surface area contributed by atoms with Crippen LogP contribution in [0.4, 0.5) is 23.4 Å². The summed E-state index contributed by atoms with van der Waals surface area (Å²) in [5.41, 5.74) is 1.56. The van der Waals surface area contributed by atoms with E-state index in [9.17, 15) is 17.6 Å². The highest BCUT2D eigenvalue weighted by Crippen LogP contribution is 2.37. The molecule has 0 saturated heterocycles. The molecule has 0 amide bonds. The molecule has 0 spiro atoms. The third kappa shape index (κ3) is 4.25. The number of anilines is 1. The molecule has 5 nitrogen and oxygen atoms in total. The van der Waals surface area contributed by atoms with Crippen molar-refractivity contribution >= 4 is 28.5 Å². The topological polar surface area (TPSA) is 55.6 Å². The molecule has 0 unspecified atom stereocenters. The molecule has 0 bridgehead atoms. The van der Waals surface area contributed by atoms with Crippen LogP contribution in [0.1, 0.15) is 23.7 Å². The van der Waals surface area contributed by atoms with E-state index < -0.39 is 16.8 Å². The van der Waals surface area contributed by atoms with Gasteiger partial charge in [-0.1, -0.05) is 36.7 Å². The fraction of sp³-hybridized carbons (Fsp3) is 0.227. The molecule has 166 valence electrons. The molecule has 0 radical (unpaired) electrons. The van der Waals surface area contributed by atoms with E-state index in [1.165, 1.54) is 24.3 Å². The highest BCUT2D eigenvalue weighted by Gasteiger charge is 2.33. The lowest BCUT2D eigenvalue weighted by atomic mass is 10.1. The molecular formula is C22H18ClF4N5. The Morgan fingerprint density at radius 3 is 2.41 bits per heavy atom. The maximum atomic E-state index is 13.2. The summed E-state index contributed by atoms with van der Waals surface area (Å²) in [5.74, 6) is 0.357. The lowest BCUT2D eigenvalue weighted by molar-refractivity contribution is -0.137. The van der Waals surface area contributed by atoms with Gasteiger partial charge in [-0.3, -0.25) is 0 Å². The van der Waals surface area contributed by atoms with Crippen molar-refractivity contribution in [1.29, 1.82) is 0 Å². The first kappa shape index (κ1) is 22.0. The van der Waals surface area contributed by atoms with Gasteiger partial charge in [0, 0.05) is 19.2 Å². The Hall–Kier alpha value is -3.20. The summed E-state index contributed by atoms with van der Waals surface area (Å²) in [7, 11) is 1.74. The Morgan fingerprint density at radius 1 is 1.06 bits per heavy atom. The second-order valence-corrected chi connectivity index (χ2v) is 7.60. The van der Waals surface area contributed by atoms with E-state index in [-0.39, 0.29) is 11.6 Å². The van der Waals surface area contributed by atoms with Crippen LogP contribution in [0.2, 0.25) is 5.02 Å². The standard InChI is InChI=1S/C22H18ClF4N5/c1-3-17-18-20(28-11-12-4-7-14(24)8-5-12)29-19(30-21(18)32(2)31-17)13-6-9-15(16(23)10-13)22(25,26)27/h4-10H,3,11H2,1-2H3,(H,28,29,30). The largest absolute Gasteiger partial charge is 0.417 e. The van der Waals surface area contributed by atoms with Gasteiger partial charge in [-0.05, 0) is 36.2 Å². The predicted octanol–water partition coefficient (Wildman–Crippen LogP) is 6.02. The summed E-state index contributed by atoms with van der Waals surface area (Å²) in [6, 6.07) is 9.44. The second-order valence-electron chi connectivity index (χ2n) is 7.19. The third-order valence-corrected chi connectivity index (χ3v) is 5.31. The van der Waals surface area contributed by atoms with Gasteiger partial charge in [-0.25, -0.2) is 19.0 Å². The fourth-order valence-corrected chi connectivity index (χ4v) is 3.69. The molecule has 10 heteroatoms. The maximum Gasteiger partial charge on any atom is 0.417 e. The summed E-state index contributed by atoms with van der Waals surface area (Å²) in [4.78, 5) is 9.10. The number of hydrogen-bond acceptors (Lipinski definition) is 4. The Balaban J connectivity index is 1.80. The Bertz CT molecular complexity index is 1280. The Morgan fingerprint density at radius 2 is 1.78 bits per heavy atom. The molecular weight excluding hydrogens is 446 g/mol. The first-order chi connectivity index (χ1) is 15.2. The van der Waals surface area contributed by atoms with Crippen LogP contribution < -0.4 is 5.32 Å². The van der Waals surface area contributed by atoms with Crippen molar-refractivity contribution in [2.24, 2.45) is 7.05 Å². The molecule has 1 N–H and O–H groups in total. The van der Waals surface area contributed by atoms with Crippen LogP contribution in [0.15, 0.2) is 42.5 Å². The van der Waals surface area contributed by atoms with E-state index in [0.717, 1.165) is 22.7 Å². The van der Waals surface area contributed by atoms with Crippen molar-refractivity contribution in [3.05, 3.63) is 70.1 Å². The highest BCUT2D eigenvalue weighted by molar-refractivity contribution is 6.31. The Kier molecular flexibility index (Phi) is 5.77. The van der Waals surface area contributed by atoms with Gasteiger partial charge < -0.3 is 5.32 Å². The smallest absolute Gasteiger partial charge is 0.365 e. The quantitative estimate of drug-likeness (QED) is 0.368. The molecule has 4 rings (SSSR count). The van der Waals surface area contributed by atoms with Gasteiger partial charge in [0.1, 0.15) is 11.6 Å². The van der Waals surface area contributed by atoms with E-state index in [1.807, 2.05) is 6.92 Å². The molecule has 32 heavy (non-hydrogen) atoms. The molecule has 0 aliphatic heterocycles. The molecule has 2 aromatic heterocycles. The number of halogens is 5. The Labute approximate surface area is 186 Å². The molecule has 0 aliphatic rings. The monoisotopic (exact) mass is 463 g/mol. The van der Waals surface area contributed by atoms with Crippen LogP contribution in [0.25, 0.3) is 22.4 Å². The predicted molar refractivity (Wildman–Crippen MR) is 115 cm³/mol. The number of nitrogens with zero attached hydrogens (tertiary/aromatic N) is 4. The van der Waals surface area contributed by atoms with Gasteiger partial charge >= 0.3 is 6.18 Å². The van der Waals surface area contributed by atoms with Crippen LogP contribution in [-0.4, -0.2) is 19.7 Å². The first-order valence-electron chi connectivity index (χ1n) is 9.76. The van der Waals surface area contributed by atoms with Gasteiger partial charge in [0.25, 0.3) is 0 Å². The van der Waals surface area contributed by atoms with Gasteiger partial charge in [0.05, 0.1) is 21.7 Å². The van der Waals surface area contributed by atoms with Gasteiger partial charge in [0.15, 0.2) is 11.5 Å². The van der Waals surface area contributed by atoms with Crippen molar-refractivity contribution in [2.45, 2.75) is 26.1 Å². The van der Waals surface area contributed by atoms with E-state index in [0.29, 0.717) is 30.0 Å². The van der Waals surface area contributed by atoms with Crippen molar-refractivity contribution in [3.8, 4) is 11.4 Å². The normalized spacial score (nSPS) is 11.8. The minimum atomic E-state index is -4.56. The molecule has 0 atom stereocenters. The number of aryl methyl sites for hydroxylation is 2. The SMILES string of the molecule is CCc1nn(C)c2nc(-c3ccc(C(F)(F)F)c(Cl)c3)nc(NCc3ccc(F)cc3)c12. The zero-order chi connectivity index (χ0) is 23.0. The van der Waals surface area contributed by atoms with Crippen molar-refractivity contribution < 1.29 is 17.6 Å². The van der Waals surface area contributed by atoms with Crippen molar-refractivity contribution in [1.82, 2.24) is 19.7 Å². The van der Waals surface area contributed by atoms with Crippen LogP contribution in [0.5, 0.6) is 0 Å². The second kappa shape index (κ2) is 8.38. The zero-order valence-electron chi connectivity index (χ0n) is 17.1. The average molecular weight is 464 g/mol. The maximum absolute atomic E-state index is 13.2. The molecule has 0 fully saturated rings. The van der Waals surface area contributed by atoms with E-state index >= 15 is 0 Å². The average Bonchev–Trinajstić information content (AvgIpc) is 3.08. The fourth-order valence-electron chi connectivity index (χ4n) is 3.40. The molecule has 0 aliphatic carbocycles. The number of hydrogen-bond donors (Lipinski definition) is 1. The van der Waals surface area contributed by atoms with E-state index in [4.69, 9.17) is 11.6 Å². The van der Waals surface area contributed by atoms with E-state index in [2.05, 4.69) is 20.4 Å².